The van der Waals surface area contributed by atoms with Crippen molar-refractivity contribution in [2.45, 2.75) is 124 Å². The summed E-state index contributed by atoms with van der Waals surface area (Å²) >= 11 is 0. The Morgan fingerprint density at radius 3 is 1.13 bits per heavy atom. The summed E-state index contributed by atoms with van der Waals surface area (Å²) in [7, 11) is -4.77. The fourth-order valence-corrected chi connectivity index (χ4v) is 11.6. The second-order valence-electron chi connectivity index (χ2n) is 13.4. The average Bonchev–Trinajstić information content (AvgIpc) is 3.14. The first-order chi connectivity index (χ1) is 25.1. The van der Waals surface area contributed by atoms with E-state index in [1.54, 1.807) is 32.9 Å². The summed E-state index contributed by atoms with van der Waals surface area (Å²) in [6, 6.07) is 29.4. The van der Waals surface area contributed by atoms with Crippen molar-refractivity contribution >= 4 is 53.0 Å². The summed E-state index contributed by atoms with van der Waals surface area (Å²) in [5, 5.41) is 0. The van der Waals surface area contributed by atoms with Crippen LogP contribution >= 0.6 is 21.6 Å². The molecule has 0 radical (unpaired) electrons. The highest BCUT2D eigenvalue weighted by Gasteiger charge is 2.29. The van der Waals surface area contributed by atoms with E-state index in [-0.39, 0.29) is 9.79 Å². The summed E-state index contributed by atoms with van der Waals surface area (Å²) in [6.45, 7) is 9.04. The Morgan fingerprint density at radius 1 is 0.442 bits per heavy atom. The van der Waals surface area contributed by atoms with Gasteiger partial charge < -0.3 is 0 Å². The molecule has 0 atom stereocenters. The largest absolute Gasteiger partial charge is 0.265 e. The van der Waals surface area contributed by atoms with Crippen molar-refractivity contribution < 1.29 is 16.8 Å². The highest BCUT2D eigenvalue weighted by molar-refractivity contribution is 8.76. The Balaban J connectivity index is 1.65. The summed E-state index contributed by atoms with van der Waals surface area (Å²) in [4.78, 5) is 2.14. The minimum atomic E-state index is -3.84. The molecule has 0 N–H and O–H groups in total. The maximum Gasteiger partial charge on any atom is 0.264 e. The van der Waals surface area contributed by atoms with Crippen molar-refractivity contribution in [3.05, 3.63) is 108 Å². The molecule has 0 unspecified atom stereocenters. The highest BCUT2D eigenvalue weighted by Crippen LogP contribution is 2.46. The molecule has 0 bridgehead atoms. The van der Waals surface area contributed by atoms with E-state index in [2.05, 4.69) is 13.8 Å². The Kier molecular flexibility index (Phi) is 17.0. The Hall–Kier alpha value is -2.92. The molecule has 4 aromatic rings. The molecule has 0 saturated carbocycles. The second kappa shape index (κ2) is 21.1. The lowest BCUT2D eigenvalue weighted by Gasteiger charge is -2.28. The minimum absolute atomic E-state index is 0.272. The molecule has 0 aliphatic heterocycles. The number of rotatable bonds is 23. The smallest absolute Gasteiger partial charge is 0.264 e. The van der Waals surface area contributed by atoms with E-state index in [1.165, 1.54) is 34.4 Å². The van der Waals surface area contributed by atoms with Crippen LogP contribution in [-0.4, -0.2) is 29.9 Å². The zero-order valence-corrected chi connectivity index (χ0v) is 34.6. The van der Waals surface area contributed by atoms with Crippen LogP contribution in [0.4, 0.5) is 11.4 Å². The van der Waals surface area contributed by atoms with E-state index in [0.717, 1.165) is 85.1 Å². The molecule has 0 heterocycles. The average molecular weight is 781 g/mol. The quantitative estimate of drug-likeness (QED) is 0.0551. The van der Waals surface area contributed by atoms with Crippen molar-refractivity contribution in [2.75, 3.05) is 21.7 Å². The van der Waals surface area contributed by atoms with E-state index in [4.69, 9.17) is 0 Å². The molecule has 4 rings (SSSR count). The van der Waals surface area contributed by atoms with Crippen molar-refractivity contribution in [3.63, 3.8) is 0 Å². The van der Waals surface area contributed by atoms with Gasteiger partial charge in [-0.2, -0.15) is 0 Å². The van der Waals surface area contributed by atoms with Gasteiger partial charge in [-0.05, 0) is 75.2 Å². The third-order valence-electron chi connectivity index (χ3n) is 9.14. The van der Waals surface area contributed by atoms with E-state index >= 15 is 0 Å². The van der Waals surface area contributed by atoms with Gasteiger partial charge in [-0.25, -0.2) is 16.8 Å². The Morgan fingerprint density at radius 2 is 0.769 bits per heavy atom. The number of nitrogens with zero attached hydrogens (tertiary/aromatic N) is 2. The molecule has 52 heavy (non-hydrogen) atoms. The zero-order valence-electron chi connectivity index (χ0n) is 31.3. The number of aryl methyl sites for hydroxylation is 2. The fraction of sp³-hybridized carbons (Fsp3) is 0.429. The third kappa shape index (κ3) is 11.8. The monoisotopic (exact) mass is 780 g/mol. The molecule has 0 saturated heterocycles. The molecule has 0 spiro atoms. The molecule has 0 aliphatic rings. The maximum absolute atomic E-state index is 14.3. The Labute approximate surface area is 322 Å². The molecule has 4 aromatic carbocycles. The topological polar surface area (TPSA) is 74.8 Å². The van der Waals surface area contributed by atoms with Gasteiger partial charge in [-0.1, -0.05) is 159 Å². The van der Waals surface area contributed by atoms with Crippen LogP contribution in [-0.2, 0) is 20.0 Å². The van der Waals surface area contributed by atoms with Crippen LogP contribution in [0.15, 0.2) is 117 Å². The van der Waals surface area contributed by atoms with Gasteiger partial charge in [0, 0.05) is 22.9 Å². The number of hydrogen-bond donors (Lipinski definition) is 0. The van der Waals surface area contributed by atoms with Gasteiger partial charge >= 0.3 is 0 Å². The van der Waals surface area contributed by atoms with Crippen LogP contribution < -0.4 is 8.61 Å². The summed E-state index contributed by atoms with van der Waals surface area (Å²) < 4.78 is 60.2. The van der Waals surface area contributed by atoms with Crippen LogP contribution in [0.25, 0.3) is 0 Å². The molecule has 0 fully saturated rings. The van der Waals surface area contributed by atoms with Gasteiger partial charge in [-0.15, -0.1) is 0 Å². The first-order valence-corrected chi connectivity index (χ1v) is 23.8. The number of unbranched alkanes of at least 4 members (excludes halogenated alkanes) is 10. The lowest BCUT2D eigenvalue weighted by Crippen LogP contribution is -2.32. The molecule has 0 amide bonds. The molecular weight excluding hydrogens is 725 g/mol. The maximum atomic E-state index is 14.3. The van der Waals surface area contributed by atoms with Gasteiger partial charge in [0.15, 0.2) is 0 Å². The van der Waals surface area contributed by atoms with Gasteiger partial charge in [0.2, 0.25) is 0 Å². The predicted octanol–water partition coefficient (Wildman–Crippen LogP) is 12.2. The molecule has 282 valence electrons. The molecule has 10 heteroatoms. The minimum Gasteiger partial charge on any atom is -0.265 e. The van der Waals surface area contributed by atoms with Crippen molar-refractivity contribution in [1.29, 1.82) is 0 Å². The van der Waals surface area contributed by atoms with Crippen LogP contribution in [0.3, 0.4) is 0 Å². The molecule has 0 aromatic heterocycles. The third-order valence-corrected chi connectivity index (χ3v) is 15.3. The standard InChI is InChI=1S/C42H56N2O4S4/c1-5-7-9-11-13-19-33-43(51(45,46)37-29-25-35(3)26-30-37)39-21-15-17-23-41(39)49-50-42-24-18-16-22-40(42)44(34-20-14-12-10-8-6-2)52(47,48)38-31-27-36(4)28-32-38/h15-18,21-32H,5-14,19-20,33-34H2,1-4H3. The predicted molar refractivity (Wildman–Crippen MR) is 223 cm³/mol. The van der Waals surface area contributed by atoms with Crippen molar-refractivity contribution in [2.24, 2.45) is 0 Å². The van der Waals surface area contributed by atoms with E-state index < -0.39 is 20.0 Å². The van der Waals surface area contributed by atoms with Crippen LogP contribution in [0, 0.1) is 13.8 Å². The number of benzene rings is 4. The van der Waals surface area contributed by atoms with E-state index in [1.807, 2.05) is 86.6 Å². The van der Waals surface area contributed by atoms with Crippen molar-refractivity contribution in [3.8, 4) is 0 Å². The first-order valence-electron chi connectivity index (χ1n) is 18.8. The van der Waals surface area contributed by atoms with Crippen LogP contribution in [0.2, 0.25) is 0 Å². The van der Waals surface area contributed by atoms with Gasteiger partial charge in [0.25, 0.3) is 20.0 Å². The number of anilines is 2. The van der Waals surface area contributed by atoms with E-state index in [0.29, 0.717) is 24.5 Å². The van der Waals surface area contributed by atoms with Crippen LogP contribution in [0.5, 0.6) is 0 Å². The SMILES string of the molecule is CCCCCCCCN(c1ccccc1SSc1ccccc1N(CCCCCCCC)S(=O)(=O)c1ccc(C)cc1)S(=O)(=O)c1ccc(C)cc1. The van der Waals surface area contributed by atoms with Crippen LogP contribution in [0.1, 0.15) is 102 Å². The molecular formula is C42H56N2O4S4. The summed E-state index contributed by atoms with van der Waals surface area (Å²) in [5.41, 5.74) is 3.26. The summed E-state index contributed by atoms with van der Waals surface area (Å²) in [6.07, 6.45) is 12.6. The lowest BCUT2D eigenvalue weighted by atomic mass is 10.1. The van der Waals surface area contributed by atoms with Gasteiger partial charge in [-0.3, -0.25) is 8.61 Å². The molecule has 0 aliphatic carbocycles. The fourth-order valence-electron chi connectivity index (χ4n) is 6.04. The van der Waals surface area contributed by atoms with Gasteiger partial charge in [0.1, 0.15) is 0 Å². The zero-order chi connectivity index (χ0) is 37.4. The van der Waals surface area contributed by atoms with Crippen molar-refractivity contribution in [1.82, 2.24) is 0 Å². The summed E-state index contributed by atoms with van der Waals surface area (Å²) in [5.74, 6) is 0. The number of sulfonamides is 2. The Bertz CT molecular complexity index is 1740. The highest BCUT2D eigenvalue weighted by atomic mass is 33.1. The number of para-hydroxylation sites is 2. The van der Waals surface area contributed by atoms with E-state index in [9.17, 15) is 16.8 Å². The first kappa shape index (κ1) is 41.8. The number of hydrogen-bond acceptors (Lipinski definition) is 6. The molecule has 6 nitrogen and oxygen atoms in total. The van der Waals surface area contributed by atoms with Gasteiger partial charge in [0.05, 0.1) is 21.2 Å². The normalized spacial score (nSPS) is 11.8. The second-order valence-corrected chi connectivity index (χ2v) is 19.4. The lowest BCUT2D eigenvalue weighted by molar-refractivity contribution is 0.579.